The second kappa shape index (κ2) is 11.2. The molecule has 4 rings (SSSR count). The summed E-state index contributed by atoms with van der Waals surface area (Å²) in [7, 11) is 0. The predicted octanol–water partition coefficient (Wildman–Crippen LogP) is 2.16. The van der Waals surface area contributed by atoms with Gasteiger partial charge in [-0.05, 0) is 17.7 Å². The zero-order valence-corrected chi connectivity index (χ0v) is 19.7. The summed E-state index contributed by atoms with van der Waals surface area (Å²) in [6.07, 6.45) is -5.76. The maximum absolute atomic E-state index is 12.5. The number of hydrogen-bond donors (Lipinski definition) is 1. The molecule has 0 aliphatic carbocycles. The molecule has 0 spiro atoms. The van der Waals surface area contributed by atoms with E-state index in [-0.39, 0.29) is 41.2 Å². The number of amides is 1. The number of nitrogens with one attached hydrogen (secondary N) is 1. The van der Waals surface area contributed by atoms with Crippen LogP contribution in [0.2, 0.25) is 0 Å². The number of rotatable bonds is 8. The van der Waals surface area contributed by atoms with E-state index >= 15 is 0 Å². The first-order chi connectivity index (χ1) is 18.1. The van der Waals surface area contributed by atoms with E-state index in [1.807, 2.05) is 30.3 Å². The van der Waals surface area contributed by atoms with Gasteiger partial charge >= 0.3 is 29.9 Å². The number of ether oxygens (including phenoxy) is 3. The number of fused-ring (bicyclic) bond motifs is 1. The van der Waals surface area contributed by atoms with Gasteiger partial charge in [-0.25, -0.2) is 9.52 Å². The molecule has 15 heteroatoms. The normalized spacial score (nSPS) is 15.3. The Bertz CT molecular complexity index is 1310. The fourth-order valence-electron chi connectivity index (χ4n) is 3.75. The van der Waals surface area contributed by atoms with Crippen LogP contribution in [0, 0.1) is 10.4 Å². The quantitative estimate of drug-likeness (QED) is 0.260. The summed E-state index contributed by atoms with van der Waals surface area (Å²) in [5, 5.41) is 30.6. The Kier molecular flexibility index (Phi) is 7.83. The van der Waals surface area contributed by atoms with Crippen LogP contribution in [0.3, 0.4) is 0 Å². The minimum Gasteiger partial charge on any atom is -0.739 e. The molecule has 1 aromatic heterocycles. The Labute approximate surface area is 213 Å². The van der Waals surface area contributed by atoms with Crippen LogP contribution in [0.25, 0.3) is 11.0 Å². The van der Waals surface area contributed by atoms with E-state index in [9.17, 15) is 33.2 Å². The molecule has 1 saturated heterocycles. The van der Waals surface area contributed by atoms with Crippen molar-refractivity contribution in [3.63, 3.8) is 0 Å². The minimum absolute atomic E-state index is 0.0301. The SMILES string of the molecule is O=C(CCNc1n[n+]([O-])c2cc(OC(F)(F)F)ccc2[n+]1[O-])OC1CCN(C(=O)OCc2ccccc2)C1. The van der Waals surface area contributed by atoms with Crippen molar-refractivity contribution >= 4 is 29.0 Å². The maximum Gasteiger partial charge on any atom is 0.573 e. The summed E-state index contributed by atoms with van der Waals surface area (Å²) >= 11 is 0. The smallest absolute Gasteiger partial charge is 0.573 e. The van der Waals surface area contributed by atoms with Crippen molar-refractivity contribution in [1.82, 2.24) is 10.00 Å². The third kappa shape index (κ3) is 6.80. The van der Waals surface area contributed by atoms with Crippen molar-refractivity contribution < 1.29 is 46.5 Å². The monoisotopic (exact) mass is 537 g/mol. The van der Waals surface area contributed by atoms with Crippen LogP contribution >= 0.6 is 0 Å². The molecule has 1 aliphatic heterocycles. The van der Waals surface area contributed by atoms with Gasteiger partial charge in [-0.3, -0.25) is 10.1 Å². The van der Waals surface area contributed by atoms with Gasteiger partial charge in [-0.2, -0.15) is 0 Å². The molecule has 2 heterocycles. The van der Waals surface area contributed by atoms with Gasteiger partial charge in [-0.15, -0.1) is 13.2 Å². The highest BCUT2D eigenvalue weighted by molar-refractivity contribution is 5.71. The van der Waals surface area contributed by atoms with E-state index < -0.39 is 41.7 Å². The number of halogens is 3. The summed E-state index contributed by atoms with van der Waals surface area (Å²) in [4.78, 5) is 25.9. The van der Waals surface area contributed by atoms with Crippen LogP contribution < -0.4 is 19.6 Å². The first kappa shape index (κ1) is 26.5. The predicted molar refractivity (Wildman–Crippen MR) is 122 cm³/mol. The highest BCUT2D eigenvalue weighted by Crippen LogP contribution is 2.24. The van der Waals surface area contributed by atoms with Crippen molar-refractivity contribution in [2.75, 3.05) is 25.0 Å². The number of alkyl halides is 3. The van der Waals surface area contributed by atoms with Gasteiger partial charge in [-0.1, -0.05) is 30.3 Å². The topological polar surface area (TPSA) is 144 Å². The molecule has 3 aromatic rings. The zero-order chi connectivity index (χ0) is 27.3. The lowest BCUT2D eigenvalue weighted by Gasteiger charge is -2.16. The molecule has 0 radical (unpaired) electrons. The van der Waals surface area contributed by atoms with E-state index in [2.05, 4.69) is 15.2 Å². The number of esters is 1. The Balaban J connectivity index is 1.25. The van der Waals surface area contributed by atoms with Crippen molar-refractivity contribution in [3.8, 4) is 5.75 Å². The fourth-order valence-corrected chi connectivity index (χ4v) is 3.75. The van der Waals surface area contributed by atoms with E-state index in [4.69, 9.17) is 9.47 Å². The zero-order valence-electron chi connectivity index (χ0n) is 19.7. The maximum atomic E-state index is 12.5. The second-order valence-electron chi connectivity index (χ2n) is 8.25. The minimum atomic E-state index is -4.97. The first-order valence-electron chi connectivity index (χ1n) is 11.4. The molecule has 2 aromatic carbocycles. The van der Waals surface area contributed by atoms with Crippen molar-refractivity contribution in [2.24, 2.45) is 0 Å². The number of anilines is 1. The second-order valence-corrected chi connectivity index (χ2v) is 8.25. The Morgan fingerprint density at radius 1 is 1.13 bits per heavy atom. The summed E-state index contributed by atoms with van der Waals surface area (Å²) < 4.78 is 51.8. The van der Waals surface area contributed by atoms with Crippen molar-refractivity contribution in [3.05, 3.63) is 64.5 Å². The lowest BCUT2D eigenvalue weighted by atomic mass is 10.2. The number of aromatic nitrogens is 3. The van der Waals surface area contributed by atoms with Gasteiger partial charge in [0.2, 0.25) is 5.10 Å². The van der Waals surface area contributed by atoms with Crippen LogP contribution in [0.4, 0.5) is 23.9 Å². The summed E-state index contributed by atoms with van der Waals surface area (Å²) in [6.45, 7) is 0.543. The molecule has 12 nitrogen and oxygen atoms in total. The molecule has 1 fully saturated rings. The lowest BCUT2D eigenvalue weighted by molar-refractivity contribution is -0.672. The summed E-state index contributed by atoms with van der Waals surface area (Å²) in [6, 6.07) is 11.8. The Hall–Kier alpha value is -4.56. The molecule has 38 heavy (non-hydrogen) atoms. The van der Waals surface area contributed by atoms with Gasteiger partial charge in [0.15, 0.2) is 5.52 Å². The highest BCUT2D eigenvalue weighted by Gasteiger charge is 2.32. The number of nitrogens with zero attached hydrogens (tertiary/aromatic N) is 4. The van der Waals surface area contributed by atoms with Crippen LogP contribution in [-0.4, -0.2) is 54.2 Å². The van der Waals surface area contributed by atoms with Gasteiger partial charge in [0.05, 0.1) is 25.6 Å². The average molecular weight is 537 g/mol. The largest absolute Gasteiger partial charge is 0.739 e. The number of likely N-dealkylation sites (tertiary alicyclic amines) is 1. The Morgan fingerprint density at radius 3 is 2.63 bits per heavy atom. The van der Waals surface area contributed by atoms with Crippen LogP contribution in [0.5, 0.6) is 5.75 Å². The fraction of sp³-hybridized carbons (Fsp3) is 0.348. The van der Waals surface area contributed by atoms with E-state index in [0.29, 0.717) is 13.0 Å². The number of carbonyl (C=O) groups is 2. The van der Waals surface area contributed by atoms with E-state index in [0.717, 1.165) is 23.8 Å². The summed E-state index contributed by atoms with van der Waals surface area (Å²) in [5.41, 5.74) is 0.137. The first-order valence-corrected chi connectivity index (χ1v) is 11.4. The highest BCUT2D eigenvalue weighted by atomic mass is 19.4. The van der Waals surface area contributed by atoms with Gasteiger partial charge in [0.25, 0.3) is 0 Å². The molecular weight excluding hydrogens is 515 g/mol. The van der Waals surface area contributed by atoms with Crippen LogP contribution in [0.1, 0.15) is 18.4 Å². The molecule has 1 unspecified atom stereocenters. The number of benzene rings is 2. The number of hydrogen-bond acceptors (Lipinski definition) is 9. The van der Waals surface area contributed by atoms with E-state index in [1.165, 1.54) is 4.90 Å². The molecule has 0 saturated carbocycles. The van der Waals surface area contributed by atoms with Gasteiger partial charge < -0.3 is 29.5 Å². The Morgan fingerprint density at radius 2 is 1.89 bits per heavy atom. The average Bonchev–Trinajstić information content (AvgIpc) is 3.33. The number of carbonyl (C=O) groups excluding carboxylic acids is 2. The van der Waals surface area contributed by atoms with Crippen molar-refractivity contribution in [1.29, 1.82) is 0 Å². The van der Waals surface area contributed by atoms with Gasteiger partial charge in [0.1, 0.15) is 18.5 Å². The van der Waals surface area contributed by atoms with Gasteiger partial charge in [0, 0.05) is 17.8 Å². The molecule has 202 valence electrons. The lowest BCUT2D eigenvalue weighted by Crippen LogP contribution is -2.44. The van der Waals surface area contributed by atoms with Crippen LogP contribution in [-0.2, 0) is 20.9 Å². The molecule has 1 amide bonds. The van der Waals surface area contributed by atoms with Crippen LogP contribution in [0.15, 0.2) is 48.5 Å². The summed E-state index contributed by atoms with van der Waals surface area (Å²) in [5.74, 6) is -1.75. The third-order valence-corrected chi connectivity index (χ3v) is 5.50. The molecule has 1 atom stereocenters. The van der Waals surface area contributed by atoms with Crippen molar-refractivity contribution in [2.45, 2.75) is 31.9 Å². The molecule has 1 N–H and O–H groups in total. The standard InChI is InChI=1S/C23H22F3N5O7/c24-23(25,26)38-16-6-7-18-19(12-16)31(35)28-21(30(18)34)27-10-8-20(32)37-17-9-11-29(13-17)22(33)36-14-15-4-2-1-3-5-15/h1-7,12,17H,8-11,13-14H2,(H,27,28). The molecule has 1 aliphatic rings. The molecular formula is C23H22F3N5O7. The third-order valence-electron chi connectivity index (χ3n) is 5.50. The van der Waals surface area contributed by atoms with E-state index in [1.54, 1.807) is 0 Å². The molecule has 0 bridgehead atoms.